The molecule has 6 nitrogen and oxygen atoms in total. The predicted octanol–water partition coefficient (Wildman–Crippen LogP) is 12.2. The molecule has 366 valence electrons. The molecule has 0 fully saturated rings. The fourth-order valence-electron chi connectivity index (χ4n) is 16.8. The molecule has 0 unspecified atom stereocenters. The van der Waals surface area contributed by atoms with Gasteiger partial charge < -0.3 is 4.42 Å². The van der Waals surface area contributed by atoms with Gasteiger partial charge in [-0.1, -0.05) is 194 Å². The van der Waals surface area contributed by atoms with Crippen molar-refractivity contribution in [3.05, 3.63) is 196 Å². The molecule has 9 aromatic carbocycles. The van der Waals surface area contributed by atoms with E-state index in [4.69, 9.17) is 4.42 Å². The monoisotopic (exact) mass is 983 g/mol. The fourth-order valence-corrected chi connectivity index (χ4v) is 16.8. The molecule has 2 amide bonds. The van der Waals surface area contributed by atoms with Crippen LogP contribution in [0.1, 0.15) is 90.5 Å². The number of aromatic nitrogens is 1. The first-order valence-electron chi connectivity index (χ1n) is 27.2. The Bertz CT molecular complexity index is 4530. The minimum atomic E-state index is -0.269. The van der Waals surface area contributed by atoms with Crippen molar-refractivity contribution in [1.29, 1.82) is 0 Å². The Morgan fingerprint density at radius 1 is 0.434 bits per heavy atom. The van der Waals surface area contributed by atoms with Crippen molar-refractivity contribution in [2.75, 3.05) is 9.80 Å². The molecule has 5 heterocycles. The zero-order chi connectivity index (χ0) is 51.7. The van der Waals surface area contributed by atoms with E-state index in [2.05, 4.69) is 168 Å². The maximum absolute atomic E-state index is 17.6. The summed E-state index contributed by atoms with van der Waals surface area (Å²) in [4.78, 5) is 37.0. The Labute approximate surface area is 442 Å². The van der Waals surface area contributed by atoms with Gasteiger partial charge in [0.1, 0.15) is 11.2 Å². The molecule has 0 radical (unpaired) electrons. The Hall–Kier alpha value is -8.09. The molecule has 0 atom stereocenters. The molecule has 11 aromatic rings. The van der Waals surface area contributed by atoms with Gasteiger partial charge in [-0.15, -0.1) is 0 Å². The lowest BCUT2D eigenvalue weighted by molar-refractivity contribution is 0.255. The lowest BCUT2D eigenvalue weighted by atomic mass is 9.32. The zero-order valence-corrected chi connectivity index (χ0v) is 44.2. The number of benzene rings is 9. The molecule has 5 aliphatic rings. The third-order valence-corrected chi connectivity index (χ3v) is 18.6. The highest BCUT2D eigenvalue weighted by Crippen LogP contribution is 2.63. The number of carbonyl (C=O) groups is 1. The highest BCUT2D eigenvalue weighted by atomic mass is 16.3. The Morgan fingerprint density at radius 2 is 0.947 bits per heavy atom. The SMILES string of the molecule is CC1(C)CC(C)(C)c2c1c1c3c4c5c(c6c(c24)C(C)(C)CC6(C)C)B(c2ccccc2)c2ccc4oc6ccccc6c4c2N5C(=O)N3c2cc3c(cc2B1c1ccccc1)c1ccccc1c(=O)n3-c1ccccc1. The van der Waals surface area contributed by atoms with Crippen molar-refractivity contribution in [2.24, 2.45) is 0 Å². The van der Waals surface area contributed by atoms with Crippen LogP contribution in [0.15, 0.2) is 173 Å². The van der Waals surface area contributed by atoms with Crippen LogP contribution in [0.4, 0.5) is 27.5 Å². The predicted molar refractivity (Wildman–Crippen MR) is 318 cm³/mol. The number of amides is 2. The van der Waals surface area contributed by atoms with Crippen LogP contribution in [-0.2, 0) is 21.7 Å². The second-order valence-corrected chi connectivity index (χ2v) is 25.2. The standard InChI is InChI=1S/C68H55B2N3O3/c1-65(2)36-67(5,6)56-54(65)52-53-61-58(56)70(39-24-14-10-15-25-39)46-34-44-41-28-18-19-29-42(41)63(74)71(40-26-16-11-17-27-40)47(44)35-48(46)72(61)64(75)73-60-45(32-33-50-51(60)43-30-20-21-31-49(43)76-50)69(38-22-12-9-13-23-38)59(62(53)73)57-55(52)66(3,4)37-68(57,7)8/h9-35H,36-37H2,1-8H3. The maximum Gasteiger partial charge on any atom is 0.338 e. The topological polar surface area (TPSA) is 58.7 Å². The van der Waals surface area contributed by atoms with E-state index in [1.807, 2.05) is 65.2 Å². The number of rotatable bonds is 3. The van der Waals surface area contributed by atoms with Crippen molar-refractivity contribution in [3.8, 4) is 5.69 Å². The molecule has 2 aliphatic carbocycles. The number of pyridine rings is 1. The second-order valence-electron chi connectivity index (χ2n) is 25.2. The third kappa shape index (κ3) is 5.39. The average Bonchev–Trinajstić information content (AvgIpc) is 3.14. The normalized spacial score (nSPS) is 17.8. The summed E-state index contributed by atoms with van der Waals surface area (Å²) in [6.07, 6.45) is 1.91. The van der Waals surface area contributed by atoms with Crippen LogP contribution in [0.5, 0.6) is 0 Å². The molecular formula is C68H55B2N3O3. The van der Waals surface area contributed by atoms with Gasteiger partial charge in [0, 0.05) is 32.9 Å². The lowest BCUT2D eigenvalue weighted by Crippen LogP contribution is -2.66. The number of para-hydroxylation sites is 2. The van der Waals surface area contributed by atoms with Crippen molar-refractivity contribution in [3.63, 3.8) is 0 Å². The van der Waals surface area contributed by atoms with Gasteiger partial charge in [-0.3, -0.25) is 19.2 Å². The van der Waals surface area contributed by atoms with Crippen LogP contribution in [0.3, 0.4) is 0 Å². The molecule has 3 aliphatic heterocycles. The van der Waals surface area contributed by atoms with Crippen LogP contribution in [0.2, 0.25) is 0 Å². The highest BCUT2D eigenvalue weighted by molar-refractivity contribution is 7.00. The van der Waals surface area contributed by atoms with Crippen molar-refractivity contribution in [2.45, 2.75) is 89.9 Å². The molecule has 76 heavy (non-hydrogen) atoms. The van der Waals surface area contributed by atoms with E-state index in [1.165, 1.54) is 49.5 Å². The molecule has 2 aromatic heterocycles. The molecule has 8 heteroatoms. The van der Waals surface area contributed by atoms with Crippen molar-refractivity contribution < 1.29 is 9.21 Å². The van der Waals surface area contributed by atoms with Gasteiger partial charge in [0.05, 0.1) is 28.0 Å². The zero-order valence-electron chi connectivity index (χ0n) is 44.2. The van der Waals surface area contributed by atoms with Crippen molar-refractivity contribution >= 4 is 129 Å². The van der Waals surface area contributed by atoms with Crippen LogP contribution in [-0.4, -0.2) is 24.0 Å². The van der Waals surface area contributed by atoms with Gasteiger partial charge in [0.15, 0.2) is 0 Å². The minimum Gasteiger partial charge on any atom is -0.456 e. The number of hydrogen-bond acceptors (Lipinski definition) is 3. The summed E-state index contributed by atoms with van der Waals surface area (Å²) >= 11 is 0. The number of furan rings is 1. The summed E-state index contributed by atoms with van der Waals surface area (Å²) in [5, 5.41) is 6.90. The molecule has 0 N–H and O–H groups in total. The summed E-state index contributed by atoms with van der Waals surface area (Å²) in [5.41, 5.74) is 18.2. The molecule has 0 bridgehead atoms. The van der Waals surface area contributed by atoms with E-state index in [-0.39, 0.29) is 46.7 Å². The van der Waals surface area contributed by atoms with Gasteiger partial charge in [-0.25, -0.2) is 4.79 Å². The van der Waals surface area contributed by atoms with Crippen LogP contribution in [0, 0.1) is 0 Å². The van der Waals surface area contributed by atoms with Crippen LogP contribution >= 0.6 is 0 Å². The molecule has 0 saturated carbocycles. The molecular weight excluding hydrogens is 928 g/mol. The van der Waals surface area contributed by atoms with Crippen LogP contribution < -0.4 is 48.1 Å². The van der Waals surface area contributed by atoms with E-state index in [1.54, 1.807) is 0 Å². The lowest BCUT2D eigenvalue weighted by Gasteiger charge is -2.49. The minimum absolute atomic E-state index is 0.0965. The highest BCUT2D eigenvalue weighted by Gasteiger charge is 2.59. The first-order valence-corrected chi connectivity index (χ1v) is 27.2. The van der Waals surface area contributed by atoms with E-state index >= 15 is 9.59 Å². The number of nitrogens with zero attached hydrogens (tertiary/aromatic N) is 3. The second kappa shape index (κ2) is 14.4. The summed E-state index contributed by atoms with van der Waals surface area (Å²) in [7, 11) is 0. The smallest absolute Gasteiger partial charge is 0.338 e. The van der Waals surface area contributed by atoms with E-state index in [0.717, 1.165) is 95.8 Å². The molecule has 0 saturated heterocycles. The van der Waals surface area contributed by atoms with E-state index in [9.17, 15) is 0 Å². The number of anilines is 4. The summed E-state index contributed by atoms with van der Waals surface area (Å²) in [6, 6.07) is 57.2. The molecule has 0 spiro atoms. The number of carbonyl (C=O) groups excluding carboxylic acids is 1. The maximum atomic E-state index is 17.6. The number of fused-ring (bicyclic) bond motifs is 17. The van der Waals surface area contributed by atoms with Gasteiger partial charge in [-0.2, -0.15) is 0 Å². The van der Waals surface area contributed by atoms with Gasteiger partial charge in [0.25, 0.3) is 5.56 Å². The molecule has 16 rings (SSSR count). The quantitative estimate of drug-likeness (QED) is 0.131. The number of hydrogen-bond donors (Lipinski definition) is 0. The third-order valence-electron chi connectivity index (χ3n) is 18.6. The van der Waals surface area contributed by atoms with Crippen molar-refractivity contribution in [1.82, 2.24) is 4.57 Å². The largest absolute Gasteiger partial charge is 0.456 e. The Balaban J connectivity index is 1.19. The average molecular weight is 984 g/mol. The fraction of sp³-hybridized carbons (Fsp3) is 0.206. The van der Waals surface area contributed by atoms with Crippen LogP contribution in [0.25, 0.3) is 60.1 Å². The van der Waals surface area contributed by atoms with Gasteiger partial charge in [0.2, 0.25) is 13.4 Å². The van der Waals surface area contributed by atoms with E-state index in [0.29, 0.717) is 5.39 Å². The van der Waals surface area contributed by atoms with Gasteiger partial charge in [-0.05, 0) is 126 Å². The number of urea groups is 1. The Morgan fingerprint density at radius 3 is 1.57 bits per heavy atom. The summed E-state index contributed by atoms with van der Waals surface area (Å²) in [6.45, 7) is 19.3. The van der Waals surface area contributed by atoms with Gasteiger partial charge >= 0.3 is 6.03 Å². The first-order chi connectivity index (χ1) is 36.6. The first kappa shape index (κ1) is 44.2. The van der Waals surface area contributed by atoms with E-state index < -0.39 is 0 Å². The Kier molecular flexibility index (Phi) is 8.40. The summed E-state index contributed by atoms with van der Waals surface area (Å²) < 4.78 is 8.66. The summed E-state index contributed by atoms with van der Waals surface area (Å²) in [5.74, 6) is 0.